The van der Waals surface area contributed by atoms with Crippen molar-refractivity contribution in [2.24, 2.45) is 0 Å². The van der Waals surface area contributed by atoms with E-state index < -0.39 is 95.8 Å². The highest BCUT2D eigenvalue weighted by Gasteiger charge is 2.37. The van der Waals surface area contributed by atoms with Gasteiger partial charge in [0.15, 0.2) is 39.3 Å². The number of hydrogen-bond acceptors (Lipinski definition) is 21. The van der Waals surface area contributed by atoms with Gasteiger partial charge >= 0.3 is 0 Å². The van der Waals surface area contributed by atoms with Gasteiger partial charge in [-0.25, -0.2) is 33.7 Å². The monoisotopic (exact) mass is 1840 g/mol. The molecule has 662 valence electrons. The molecule has 0 aromatic heterocycles. The smallest absolute Gasteiger partial charge is 0.255 e. The van der Waals surface area contributed by atoms with Crippen LogP contribution in [-0.4, -0.2) is 122 Å². The molecule has 11 aromatic rings. The van der Waals surface area contributed by atoms with Crippen molar-refractivity contribution in [1.82, 2.24) is 0 Å². The van der Waals surface area contributed by atoms with Crippen LogP contribution in [0.15, 0.2) is 256 Å². The molecule has 0 saturated carbocycles. The highest BCUT2D eigenvalue weighted by Crippen LogP contribution is 2.37. The maximum absolute atomic E-state index is 13.0. The third kappa shape index (κ3) is 26.2. The van der Waals surface area contributed by atoms with E-state index >= 15 is 0 Å². The van der Waals surface area contributed by atoms with Gasteiger partial charge in [0.1, 0.15) is 50.1 Å². The summed E-state index contributed by atoms with van der Waals surface area (Å²) >= 11 is 12.2. The zero-order valence-corrected chi connectivity index (χ0v) is 74.9. The fraction of sp³-hybridized carbons (Fsp3) is 0.185. The van der Waals surface area contributed by atoms with Gasteiger partial charge in [-0.3, -0.25) is 38.4 Å². The predicted octanol–water partition coefficient (Wildman–Crippen LogP) is 16.4. The second-order valence-electron chi connectivity index (χ2n) is 28.9. The average Bonchev–Trinajstić information content (AvgIpc) is 0.808. The first-order valence-electron chi connectivity index (χ1n) is 38.9. The Labute approximate surface area is 745 Å². The quantitative estimate of drug-likeness (QED) is 0.0224. The van der Waals surface area contributed by atoms with Crippen LogP contribution in [0.1, 0.15) is 118 Å². The molecule has 0 heterocycles. The van der Waals surface area contributed by atoms with Crippen molar-refractivity contribution < 1.29 is 92.5 Å². The van der Waals surface area contributed by atoms with E-state index in [9.17, 15) is 92.5 Å². The summed E-state index contributed by atoms with van der Waals surface area (Å²) in [6.07, 6.45) is 0.228. The molecular formula is C92H91Cl2N9O20S4. The summed E-state index contributed by atoms with van der Waals surface area (Å²) in [4.78, 5) is 99.4. The highest BCUT2D eigenvalue weighted by atomic mass is 35.5. The first kappa shape index (κ1) is 98.7. The Morgan fingerprint density at radius 3 is 1.01 bits per heavy atom. The molecule has 4 unspecified atom stereocenters. The van der Waals surface area contributed by atoms with Crippen LogP contribution in [0, 0.1) is 45.9 Å². The van der Waals surface area contributed by atoms with Gasteiger partial charge < -0.3 is 63.0 Å². The molecule has 29 nitrogen and oxygen atoms in total. The molecule has 0 aliphatic carbocycles. The molecule has 127 heavy (non-hydrogen) atoms. The summed E-state index contributed by atoms with van der Waals surface area (Å²) in [7, 11) is -15.6. The second-order valence-corrected chi connectivity index (χ2v) is 38.3. The molecule has 0 radical (unpaired) electrons. The molecule has 0 bridgehead atoms. The van der Waals surface area contributed by atoms with Crippen LogP contribution in [0.3, 0.4) is 0 Å². The number of carbonyl (C=O) groups excluding carboxylic acids is 8. The molecule has 11 rings (SSSR count). The van der Waals surface area contributed by atoms with Gasteiger partial charge in [-0.05, 0) is 217 Å². The minimum absolute atomic E-state index is 0.0122. The highest BCUT2D eigenvalue weighted by molar-refractivity contribution is 7.93. The van der Waals surface area contributed by atoms with Crippen LogP contribution >= 0.6 is 23.2 Å². The zero-order chi connectivity index (χ0) is 93.6. The molecule has 0 saturated heterocycles. The van der Waals surface area contributed by atoms with Crippen molar-refractivity contribution in [3.8, 4) is 29.1 Å². The van der Waals surface area contributed by atoms with Gasteiger partial charge in [-0.15, -0.1) is 0 Å². The third-order valence-corrected chi connectivity index (χ3v) is 28.4. The summed E-state index contributed by atoms with van der Waals surface area (Å²) in [5.74, 6) is -5.88. The van der Waals surface area contributed by atoms with E-state index in [2.05, 4.69) is 42.5 Å². The van der Waals surface area contributed by atoms with E-state index in [1.807, 2.05) is 19.1 Å². The molecule has 12 N–H and O–H groups in total. The molecule has 0 fully saturated rings. The first-order valence-corrected chi connectivity index (χ1v) is 45.9. The van der Waals surface area contributed by atoms with Crippen LogP contribution in [-0.2, 0) is 63.3 Å². The summed E-state index contributed by atoms with van der Waals surface area (Å²) in [6, 6.07) is 61.6. The number of hydrogen-bond donors (Lipinski definition) is 12. The number of rotatable bonds is 26. The van der Waals surface area contributed by atoms with Crippen LogP contribution < -0.4 is 42.5 Å². The SMILES string of the molecule is CCC(C(=O)Nc1ccc(NC(=O)c2ccc(C#N)c(Cl)c2)c(O)c1)S(=O)(=O)c1cccc(C)c1.CCC(C(=O)Nc1ccc(NC(=O)c2cccc(C)c2)c(O)c1)S(=O)(=O)c1cccc(C)c1.CCC(C(=O)Nc1ccc(NC(C)=O)c(O)c1)S(=O)(=O)c1cccc(C)c1.Cc1cccc(S(=O)(=O)C(C)C(=O)Nc2cc(O)c(NC(=O)c3ccccc3)cc2Cl)c1. The number of anilines is 8. The molecule has 35 heteroatoms. The van der Waals surface area contributed by atoms with E-state index in [1.54, 1.807) is 146 Å². The van der Waals surface area contributed by atoms with Crippen LogP contribution in [0.5, 0.6) is 23.0 Å². The lowest BCUT2D eigenvalue weighted by Gasteiger charge is -2.17. The molecule has 4 atom stereocenters. The molecule has 0 aliphatic rings. The number of amides is 8. The lowest BCUT2D eigenvalue weighted by atomic mass is 10.1. The predicted molar refractivity (Wildman–Crippen MR) is 489 cm³/mol. The number of nitriles is 1. The molecule has 0 spiro atoms. The number of sulfone groups is 4. The van der Waals surface area contributed by atoms with Crippen molar-refractivity contribution in [3.63, 3.8) is 0 Å². The van der Waals surface area contributed by atoms with Gasteiger partial charge in [-0.2, -0.15) is 5.26 Å². The Hall–Kier alpha value is -13.8. The van der Waals surface area contributed by atoms with E-state index in [0.29, 0.717) is 11.1 Å². The number of benzene rings is 11. The fourth-order valence-electron chi connectivity index (χ4n) is 12.3. The summed E-state index contributed by atoms with van der Waals surface area (Å²) in [6.45, 7) is 16.4. The number of nitrogens with one attached hydrogen (secondary N) is 8. The number of halogens is 2. The number of phenolic OH excluding ortho intramolecular Hbond substituents is 4. The van der Waals surface area contributed by atoms with Gasteiger partial charge in [0.05, 0.1) is 63.6 Å². The van der Waals surface area contributed by atoms with E-state index in [-0.39, 0.29) is 140 Å². The number of phenols is 4. The minimum atomic E-state index is -3.93. The Bertz CT molecular complexity index is 6560. The normalized spacial score (nSPS) is 12.1. The fourth-order valence-corrected chi connectivity index (χ4v) is 19.3. The summed E-state index contributed by atoms with van der Waals surface area (Å²) in [5, 5.41) is 64.8. The van der Waals surface area contributed by atoms with E-state index in [4.69, 9.17) is 28.5 Å². The zero-order valence-electron chi connectivity index (χ0n) is 70.1. The largest absolute Gasteiger partial charge is 0.506 e. The Morgan fingerprint density at radius 2 is 0.661 bits per heavy atom. The third-order valence-electron chi connectivity index (χ3n) is 19.1. The Kier molecular flexibility index (Phi) is 34.0. The summed E-state index contributed by atoms with van der Waals surface area (Å²) in [5.41, 5.74) is 6.30. The topological polar surface area (TPSA) is 474 Å². The number of nitrogens with zero attached hydrogens (tertiary/aromatic N) is 1. The first-order chi connectivity index (χ1) is 59.9. The molecule has 8 amide bonds. The number of carbonyl (C=O) groups is 8. The Balaban J connectivity index is 0.000000210. The van der Waals surface area contributed by atoms with Crippen molar-refractivity contribution in [2.75, 3.05) is 42.5 Å². The van der Waals surface area contributed by atoms with Crippen LogP contribution in [0.4, 0.5) is 45.5 Å². The maximum atomic E-state index is 13.0. The van der Waals surface area contributed by atoms with E-state index in [1.165, 1.54) is 141 Å². The van der Waals surface area contributed by atoms with Gasteiger partial charge in [-0.1, -0.05) is 128 Å². The molecular weight excluding hydrogens is 1750 g/mol. The minimum Gasteiger partial charge on any atom is -0.506 e. The van der Waals surface area contributed by atoms with Crippen molar-refractivity contribution in [1.29, 1.82) is 5.26 Å². The number of aryl methyl sites for hydroxylation is 5. The maximum Gasteiger partial charge on any atom is 0.255 e. The molecule has 11 aromatic carbocycles. The van der Waals surface area contributed by atoms with Crippen molar-refractivity contribution >= 4 is 155 Å². The lowest BCUT2D eigenvalue weighted by Crippen LogP contribution is -2.34. The standard InChI is InChI=1S/C25H22ClN3O5S.C25H26N2O5S.C23H21ClN2O5S.C19H22N2O5S/c1-3-23(35(33,34)19-6-4-5-15(2)11-19)25(32)28-18-9-10-21(22(30)13-18)29-24(31)16-7-8-17(14-27)20(26)12-16;1-4-23(33(31,32)20-10-6-8-17(3)14-20)25(30)26-19-11-12-21(22(28)15-19)27-24(29)18-9-5-7-16(2)13-18;1-14-7-6-10-17(11-14)32(30,31)15(2)22(28)25-19-13-21(27)20(12-18(19)24)26-23(29)16-8-4-3-5-9-16;1-4-18(27(25,26)15-7-5-6-12(2)10-15)19(24)21-14-8-9-16(17(23)11-14)20-13(3)22/h4-13,23,30H,3H2,1-2H3,(H,28,32)(H,29,31);5-15,23,28H,4H2,1-3H3,(H,26,30)(H,27,29);3-13,15,27H,1-2H3,(H,25,28)(H,26,29);5-11,18,23H,4H2,1-3H3,(H,20,22)(H,21,24). The Morgan fingerprint density at radius 1 is 0.331 bits per heavy atom. The second kappa shape index (κ2) is 43.7. The van der Waals surface area contributed by atoms with Gasteiger partial charge in [0, 0.05) is 64.9 Å². The molecule has 0 aliphatic heterocycles. The van der Waals surface area contributed by atoms with Crippen molar-refractivity contribution in [3.05, 3.63) is 297 Å². The average molecular weight is 1840 g/mol. The van der Waals surface area contributed by atoms with Crippen LogP contribution in [0.2, 0.25) is 10.0 Å². The van der Waals surface area contributed by atoms with Gasteiger partial charge in [0.2, 0.25) is 29.5 Å². The van der Waals surface area contributed by atoms with Crippen LogP contribution in [0.25, 0.3) is 0 Å². The van der Waals surface area contributed by atoms with Gasteiger partial charge in [0.25, 0.3) is 17.7 Å². The number of aromatic hydroxyl groups is 4. The lowest BCUT2D eigenvalue weighted by molar-refractivity contribution is -0.116. The van der Waals surface area contributed by atoms with Crippen molar-refractivity contribution in [2.45, 2.75) is 129 Å². The van der Waals surface area contributed by atoms with E-state index in [0.717, 1.165) is 33.9 Å². The summed E-state index contributed by atoms with van der Waals surface area (Å²) < 4.78 is 103.